The van der Waals surface area contributed by atoms with Crippen molar-refractivity contribution in [1.29, 1.82) is 0 Å². The molecule has 1 fully saturated rings. The van der Waals surface area contributed by atoms with Crippen molar-refractivity contribution in [2.24, 2.45) is 5.92 Å². The van der Waals surface area contributed by atoms with Gasteiger partial charge in [0.2, 0.25) is 0 Å². The second-order valence-corrected chi connectivity index (χ2v) is 4.55. The Bertz CT molecular complexity index is 416. The van der Waals surface area contributed by atoms with Crippen molar-refractivity contribution >= 4 is 5.91 Å². The largest absolute Gasteiger partial charge is 0.391 e. The van der Waals surface area contributed by atoms with Gasteiger partial charge in [0, 0.05) is 12.7 Å². The number of hydrogen-bond donors (Lipinski definition) is 2. The van der Waals surface area contributed by atoms with E-state index >= 15 is 0 Å². The Morgan fingerprint density at radius 2 is 2.28 bits per heavy atom. The molecule has 18 heavy (non-hydrogen) atoms. The van der Waals surface area contributed by atoms with Crippen LogP contribution in [0.25, 0.3) is 0 Å². The van der Waals surface area contributed by atoms with Crippen LogP contribution >= 0.6 is 0 Å². The van der Waals surface area contributed by atoms with E-state index in [2.05, 4.69) is 5.32 Å². The summed E-state index contributed by atoms with van der Waals surface area (Å²) in [6.07, 6.45) is 0.379. The first-order valence-electron chi connectivity index (χ1n) is 5.97. The van der Waals surface area contributed by atoms with Gasteiger partial charge in [0.25, 0.3) is 12.3 Å². The quantitative estimate of drug-likeness (QED) is 0.807. The minimum atomic E-state index is -2.50. The number of amides is 1. The second-order valence-electron chi connectivity index (χ2n) is 4.55. The summed E-state index contributed by atoms with van der Waals surface area (Å²) in [6, 6.07) is 3.04. The number of alkyl halides is 2. The number of hydrogen-bond acceptors (Lipinski definition) is 2. The van der Waals surface area contributed by atoms with Gasteiger partial charge in [-0.15, -0.1) is 0 Å². The Morgan fingerprint density at radius 3 is 2.89 bits per heavy atom. The van der Waals surface area contributed by atoms with Crippen LogP contribution in [-0.2, 0) is 6.54 Å². The summed E-state index contributed by atoms with van der Waals surface area (Å²) in [5.74, 6) is -0.154. The van der Waals surface area contributed by atoms with E-state index in [1.807, 2.05) is 0 Å². The number of aliphatic hydroxyl groups excluding tert-OH is 1. The fraction of sp³-hybridized carbons (Fsp3) is 0.583. The van der Waals surface area contributed by atoms with E-state index in [1.165, 1.54) is 16.8 Å². The van der Waals surface area contributed by atoms with Gasteiger partial charge in [-0.05, 0) is 30.9 Å². The van der Waals surface area contributed by atoms with Gasteiger partial charge in [0.1, 0.15) is 5.69 Å². The van der Waals surface area contributed by atoms with E-state index in [4.69, 9.17) is 0 Å². The summed E-state index contributed by atoms with van der Waals surface area (Å²) in [7, 11) is 0. The van der Waals surface area contributed by atoms with Crippen molar-refractivity contribution in [2.45, 2.75) is 31.9 Å². The molecule has 6 heteroatoms. The van der Waals surface area contributed by atoms with E-state index < -0.39 is 25.0 Å². The van der Waals surface area contributed by atoms with Gasteiger partial charge >= 0.3 is 0 Å². The number of carbonyl (C=O) groups excluding carboxylic acids is 1. The van der Waals surface area contributed by atoms with Crippen molar-refractivity contribution < 1.29 is 18.7 Å². The highest BCUT2D eigenvalue weighted by Gasteiger charge is 2.29. The highest BCUT2D eigenvalue weighted by molar-refractivity contribution is 5.92. The Labute approximate surface area is 104 Å². The molecule has 0 bridgehead atoms. The number of carbonyl (C=O) groups is 1. The lowest BCUT2D eigenvalue weighted by molar-refractivity contribution is 0.0880. The summed E-state index contributed by atoms with van der Waals surface area (Å²) < 4.78 is 25.8. The van der Waals surface area contributed by atoms with Crippen LogP contribution < -0.4 is 5.32 Å². The molecule has 2 rings (SSSR count). The average molecular weight is 258 g/mol. The summed E-state index contributed by atoms with van der Waals surface area (Å²) >= 11 is 0. The van der Waals surface area contributed by atoms with Crippen LogP contribution in [0.5, 0.6) is 0 Å². The van der Waals surface area contributed by atoms with Crippen LogP contribution in [0.1, 0.15) is 23.3 Å². The van der Waals surface area contributed by atoms with Gasteiger partial charge in [-0.2, -0.15) is 0 Å². The molecule has 4 nitrogen and oxygen atoms in total. The molecule has 2 N–H and O–H groups in total. The predicted octanol–water partition coefficient (Wildman–Crippen LogP) is 1.25. The Hall–Kier alpha value is -1.43. The monoisotopic (exact) mass is 258 g/mol. The predicted molar refractivity (Wildman–Crippen MR) is 61.5 cm³/mol. The Morgan fingerprint density at radius 1 is 1.56 bits per heavy atom. The summed E-state index contributed by atoms with van der Waals surface area (Å²) in [6.45, 7) is -0.329. The minimum absolute atomic E-state index is 0.170. The molecule has 100 valence electrons. The van der Waals surface area contributed by atoms with Crippen molar-refractivity contribution in [1.82, 2.24) is 9.88 Å². The zero-order chi connectivity index (χ0) is 13.1. The molecule has 0 spiro atoms. The van der Waals surface area contributed by atoms with Crippen molar-refractivity contribution in [3.8, 4) is 0 Å². The number of nitrogens with zero attached hydrogens (tertiary/aromatic N) is 1. The van der Waals surface area contributed by atoms with Crippen LogP contribution in [0.15, 0.2) is 18.3 Å². The maximum atomic E-state index is 12.3. The normalized spacial score (nSPS) is 16.9. The molecule has 1 saturated carbocycles. The molecular weight excluding hydrogens is 242 g/mol. The van der Waals surface area contributed by atoms with Gasteiger partial charge in [-0.1, -0.05) is 0 Å². The summed E-state index contributed by atoms with van der Waals surface area (Å²) in [5.41, 5.74) is 0.193. The van der Waals surface area contributed by atoms with Gasteiger partial charge in [-0.3, -0.25) is 4.79 Å². The molecule has 0 radical (unpaired) electrons. The third-order valence-corrected chi connectivity index (χ3v) is 3.03. The maximum Gasteiger partial charge on any atom is 0.267 e. The summed E-state index contributed by atoms with van der Waals surface area (Å²) in [5, 5.41) is 12.2. The Kier molecular flexibility index (Phi) is 3.96. The lowest BCUT2D eigenvalue weighted by Gasteiger charge is -2.12. The third-order valence-electron chi connectivity index (χ3n) is 3.03. The number of aromatic nitrogens is 1. The average Bonchev–Trinajstić information content (AvgIpc) is 3.06. The molecule has 1 aromatic rings. The first-order chi connectivity index (χ1) is 8.58. The van der Waals surface area contributed by atoms with Gasteiger partial charge in [0.05, 0.1) is 12.6 Å². The van der Waals surface area contributed by atoms with Crippen molar-refractivity contribution in [3.63, 3.8) is 0 Å². The fourth-order valence-electron chi connectivity index (χ4n) is 1.86. The molecule has 1 aromatic heterocycles. The van der Waals surface area contributed by atoms with Crippen LogP contribution in [0, 0.1) is 5.92 Å². The standard InChI is InChI=1S/C12H16F2N2O2/c13-11(14)7-16-5-1-2-9(16)12(18)15-6-10(17)8-3-4-8/h1-2,5,8,10-11,17H,3-4,6-7H2,(H,15,18). The van der Waals surface area contributed by atoms with E-state index in [1.54, 1.807) is 6.07 Å². The van der Waals surface area contributed by atoms with Crippen LogP contribution in [0.4, 0.5) is 8.78 Å². The molecule has 1 unspecified atom stereocenters. The lowest BCUT2D eigenvalue weighted by atomic mass is 10.2. The first-order valence-corrected chi connectivity index (χ1v) is 5.97. The van der Waals surface area contributed by atoms with E-state index in [0.29, 0.717) is 0 Å². The zero-order valence-electron chi connectivity index (χ0n) is 9.85. The molecule has 1 aliphatic carbocycles. The van der Waals surface area contributed by atoms with Gasteiger partial charge < -0.3 is 15.0 Å². The molecule has 1 amide bonds. The summed E-state index contributed by atoms with van der Waals surface area (Å²) in [4.78, 5) is 11.8. The molecule has 1 aliphatic rings. The topological polar surface area (TPSA) is 54.3 Å². The van der Waals surface area contributed by atoms with Crippen LogP contribution in [0.2, 0.25) is 0 Å². The highest BCUT2D eigenvalue weighted by Crippen LogP contribution is 2.32. The number of aliphatic hydroxyl groups is 1. The van der Waals surface area contributed by atoms with E-state index in [9.17, 15) is 18.7 Å². The van der Waals surface area contributed by atoms with Crippen LogP contribution in [-0.4, -0.2) is 34.7 Å². The molecule has 0 aromatic carbocycles. The maximum absolute atomic E-state index is 12.3. The van der Waals surface area contributed by atoms with Crippen molar-refractivity contribution in [2.75, 3.05) is 6.54 Å². The molecule has 1 heterocycles. The van der Waals surface area contributed by atoms with E-state index in [-0.39, 0.29) is 18.2 Å². The fourth-order valence-corrected chi connectivity index (χ4v) is 1.86. The number of rotatable bonds is 6. The molecular formula is C12H16F2N2O2. The zero-order valence-corrected chi connectivity index (χ0v) is 9.85. The minimum Gasteiger partial charge on any atom is -0.391 e. The number of nitrogens with one attached hydrogen (secondary N) is 1. The second kappa shape index (κ2) is 5.48. The van der Waals surface area contributed by atoms with Gasteiger partial charge in [0.15, 0.2) is 0 Å². The lowest BCUT2D eigenvalue weighted by Crippen LogP contribution is -2.34. The first kappa shape index (κ1) is 13.0. The van der Waals surface area contributed by atoms with Crippen molar-refractivity contribution in [3.05, 3.63) is 24.0 Å². The molecule has 0 saturated heterocycles. The smallest absolute Gasteiger partial charge is 0.267 e. The highest BCUT2D eigenvalue weighted by atomic mass is 19.3. The molecule has 0 aliphatic heterocycles. The molecule has 1 atom stereocenters. The van der Waals surface area contributed by atoms with Crippen LogP contribution in [0.3, 0.4) is 0 Å². The Balaban J connectivity index is 1.89. The third kappa shape index (κ3) is 3.29. The van der Waals surface area contributed by atoms with Gasteiger partial charge in [-0.25, -0.2) is 8.78 Å². The SMILES string of the molecule is O=C(NCC(O)C1CC1)c1cccn1CC(F)F. The number of halogens is 2. The van der Waals surface area contributed by atoms with E-state index in [0.717, 1.165) is 12.8 Å².